The highest BCUT2D eigenvalue weighted by Gasteiger charge is 2.26. The number of rotatable bonds is 1. The van der Waals surface area contributed by atoms with Crippen LogP contribution in [0.15, 0.2) is 16.3 Å². The first-order valence-electron chi connectivity index (χ1n) is 5.51. The molecule has 1 aliphatic heterocycles. The van der Waals surface area contributed by atoms with Crippen LogP contribution >= 0.6 is 11.6 Å². The fourth-order valence-electron chi connectivity index (χ4n) is 1.88. The molecule has 0 aliphatic carbocycles. The summed E-state index contributed by atoms with van der Waals surface area (Å²) in [4.78, 5) is 10.9. The predicted octanol–water partition coefficient (Wildman–Crippen LogP) is 3.82. The minimum Gasteiger partial charge on any atom is -0.488 e. The fraction of sp³-hybridized carbons (Fsp3) is 0.417. The van der Waals surface area contributed by atoms with E-state index < -0.39 is 6.09 Å². The van der Waals surface area contributed by atoms with Gasteiger partial charge in [0.2, 0.25) is 0 Å². The largest absolute Gasteiger partial charge is 0.488 e. The molecule has 1 atom stereocenters. The molecule has 1 aliphatic rings. The van der Waals surface area contributed by atoms with Gasteiger partial charge in [0.1, 0.15) is 11.8 Å². The lowest BCUT2D eigenvalue weighted by molar-refractivity contribution is 0.181. The topological polar surface area (TPSA) is 60.2 Å². The van der Waals surface area contributed by atoms with Gasteiger partial charge in [-0.3, -0.25) is 0 Å². The Morgan fingerprint density at radius 1 is 1.61 bits per heavy atom. The van der Waals surface area contributed by atoms with Crippen LogP contribution in [-0.4, -0.2) is 19.3 Å². The van der Waals surface area contributed by atoms with E-state index in [0.29, 0.717) is 16.5 Å². The monoisotopic (exact) mass is 268 g/mol. The molecule has 0 spiro atoms. The molecule has 5 nitrogen and oxygen atoms in total. The molecular weight excluding hydrogens is 256 g/mol. The number of carbonyl (C=O) groups is 1. The molecule has 1 heterocycles. The maximum atomic E-state index is 10.9. The van der Waals surface area contributed by atoms with Gasteiger partial charge < -0.3 is 9.47 Å². The number of ether oxygens (including phenoxy) is 2. The van der Waals surface area contributed by atoms with Crippen molar-refractivity contribution in [3.63, 3.8) is 0 Å². The van der Waals surface area contributed by atoms with E-state index in [9.17, 15) is 4.79 Å². The third kappa shape index (κ3) is 2.31. The normalized spacial score (nSPS) is 17.7. The van der Waals surface area contributed by atoms with Crippen molar-refractivity contribution in [2.75, 3.05) is 7.11 Å². The molecule has 1 amide bonds. The number of fused-ring (bicyclic) bond motifs is 1. The van der Waals surface area contributed by atoms with Gasteiger partial charge in [0.05, 0.1) is 7.11 Å². The van der Waals surface area contributed by atoms with Crippen LogP contribution in [0.5, 0.6) is 5.75 Å². The van der Waals surface area contributed by atoms with Crippen LogP contribution in [-0.2, 0) is 11.2 Å². The van der Waals surface area contributed by atoms with Gasteiger partial charge in [0, 0.05) is 17.0 Å². The van der Waals surface area contributed by atoms with Crippen LogP contribution in [0.1, 0.15) is 18.1 Å². The molecule has 0 N–H and O–H groups in total. The lowest BCUT2D eigenvalue weighted by Gasteiger charge is -2.07. The van der Waals surface area contributed by atoms with Gasteiger partial charge in [-0.1, -0.05) is 16.7 Å². The summed E-state index contributed by atoms with van der Waals surface area (Å²) in [5, 5.41) is 7.83. The van der Waals surface area contributed by atoms with Crippen molar-refractivity contribution >= 4 is 23.4 Å². The van der Waals surface area contributed by atoms with Crippen molar-refractivity contribution in [2.24, 2.45) is 10.2 Å². The van der Waals surface area contributed by atoms with Crippen molar-refractivity contribution in [2.45, 2.75) is 26.4 Å². The predicted molar refractivity (Wildman–Crippen MR) is 66.9 cm³/mol. The summed E-state index contributed by atoms with van der Waals surface area (Å²) in [5.74, 6) is 0.650. The van der Waals surface area contributed by atoms with E-state index in [2.05, 4.69) is 15.0 Å². The van der Waals surface area contributed by atoms with Gasteiger partial charge in [-0.2, -0.15) is 0 Å². The van der Waals surface area contributed by atoms with Crippen LogP contribution < -0.4 is 4.74 Å². The third-order valence-electron chi connectivity index (χ3n) is 2.81. The molecule has 1 unspecified atom stereocenters. The lowest BCUT2D eigenvalue weighted by atomic mass is 10.0. The highest BCUT2D eigenvalue weighted by Crippen LogP contribution is 2.43. The molecular formula is C12H13ClN2O3. The Morgan fingerprint density at radius 3 is 3.00 bits per heavy atom. The van der Waals surface area contributed by atoms with E-state index in [1.165, 1.54) is 7.11 Å². The quantitative estimate of drug-likeness (QED) is 0.728. The van der Waals surface area contributed by atoms with Gasteiger partial charge in [-0.15, -0.1) is 5.11 Å². The van der Waals surface area contributed by atoms with E-state index in [1.807, 2.05) is 13.8 Å². The molecule has 0 fully saturated rings. The number of amides is 1. The standard InChI is InChI=1S/C12H13ClN2O3/c1-6-4-8-7(2)9(13)5-10(11(8)18-6)14-15-12(16)17-3/h5-6H,4H2,1-3H3/b15-14+. The highest BCUT2D eigenvalue weighted by molar-refractivity contribution is 6.31. The number of hydrogen-bond acceptors (Lipinski definition) is 4. The molecule has 1 aromatic carbocycles. The average molecular weight is 269 g/mol. The number of carbonyl (C=O) groups excluding carboxylic acids is 1. The molecule has 0 saturated heterocycles. The Labute approximate surface area is 110 Å². The number of halogens is 1. The van der Waals surface area contributed by atoms with E-state index in [4.69, 9.17) is 16.3 Å². The zero-order valence-corrected chi connectivity index (χ0v) is 11.1. The molecule has 1 aromatic rings. The number of benzene rings is 1. The number of nitrogens with zero attached hydrogens (tertiary/aromatic N) is 2. The Kier molecular flexibility index (Phi) is 3.52. The van der Waals surface area contributed by atoms with Crippen molar-refractivity contribution < 1.29 is 14.3 Å². The lowest BCUT2D eigenvalue weighted by Crippen LogP contribution is -2.05. The maximum Gasteiger partial charge on any atom is 0.452 e. The summed E-state index contributed by atoms with van der Waals surface area (Å²) in [6, 6.07) is 1.64. The maximum absolute atomic E-state index is 10.9. The fourth-order valence-corrected chi connectivity index (χ4v) is 2.10. The third-order valence-corrected chi connectivity index (χ3v) is 3.20. The van der Waals surface area contributed by atoms with Gasteiger partial charge in [-0.05, 0) is 25.5 Å². The second-order valence-electron chi connectivity index (χ2n) is 4.11. The summed E-state index contributed by atoms with van der Waals surface area (Å²) < 4.78 is 10.1. The summed E-state index contributed by atoms with van der Waals surface area (Å²) >= 11 is 6.12. The Hall–Kier alpha value is -1.62. The second-order valence-corrected chi connectivity index (χ2v) is 4.52. The van der Waals surface area contributed by atoms with E-state index in [1.54, 1.807) is 6.07 Å². The van der Waals surface area contributed by atoms with Crippen molar-refractivity contribution in [1.82, 2.24) is 0 Å². The molecule has 0 radical (unpaired) electrons. The first kappa shape index (κ1) is 12.8. The second kappa shape index (κ2) is 4.94. The summed E-state index contributed by atoms with van der Waals surface area (Å²) in [6.07, 6.45) is 0.0957. The van der Waals surface area contributed by atoms with Crippen LogP contribution in [0.2, 0.25) is 5.02 Å². The molecule has 2 rings (SSSR count). The average Bonchev–Trinajstić information content (AvgIpc) is 2.74. The number of hydrogen-bond donors (Lipinski definition) is 0. The van der Waals surface area contributed by atoms with Crippen LogP contribution in [0.25, 0.3) is 0 Å². The smallest absolute Gasteiger partial charge is 0.452 e. The van der Waals surface area contributed by atoms with Gasteiger partial charge in [0.25, 0.3) is 0 Å². The first-order valence-corrected chi connectivity index (χ1v) is 5.89. The zero-order chi connectivity index (χ0) is 13.3. The Bertz CT molecular complexity index is 529. The van der Waals surface area contributed by atoms with Crippen LogP contribution in [0.3, 0.4) is 0 Å². The summed E-state index contributed by atoms with van der Waals surface area (Å²) in [6.45, 7) is 3.90. The Morgan fingerprint density at radius 2 is 2.33 bits per heavy atom. The minimum absolute atomic E-state index is 0.0734. The zero-order valence-electron chi connectivity index (χ0n) is 10.4. The minimum atomic E-state index is -0.758. The van der Waals surface area contributed by atoms with E-state index in [-0.39, 0.29) is 6.10 Å². The first-order chi connectivity index (χ1) is 8.52. The molecule has 0 bridgehead atoms. The van der Waals surface area contributed by atoms with E-state index in [0.717, 1.165) is 17.5 Å². The SMILES string of the molecule is COC(=O)/N=N/c1cc(Cl)c(C)c2c1OC(C)C2. The summed E-state index contributed by atoms with van der Waals surface area (Å²) in [5.41, 5.74) is 2.46. The van der Waals surface area contributed by atoms with Crippen LogP contribution in [0.4, 0.5) is 10.5 Å². The molecule has 96 valence electrons. The molecule has 0 aromatic heterocycles. The number of methoxy groups -OCH3 is 1. The van der Waals surface area contributed by atoms with Gasteiger partial charge >= 0.3 is 6.09 Å². The van der Waals surface area contributed by atoms with Crippen molar-refractivity contribution in [3.8, 4) is 5.75 Å². The summed E-state index contributed by atoms with van der Waals surface area (Å²) in [7, 11) is 1.24. The molecule has 18 heavy (non-hydrogen) atoms. The molecule has 0 saturated carbocycles. The molecule has 6 heteroatoms. The van der Waals surface area contributed by atoms with Crippen LogP contribution in [0, 0.1) is 6.92 Å². The van der Waals surface area contributed by atoms with E-state index >= 15 is 0 Å². The van der Waals surface area contributed by atoms with Gasteiger partial charge in [-0.25, -0.2) is 4.79 Å². The number of azo groups is 1. The Balaban J connectivity index is 2.44. The highest BCUT2D eigenvalue weighted by atomic mass is 35.5. The van der Waals surface area contributed by atoms with Gasteiger partial charge in [0.15, 0.2) is 5.75 Å². The van der Waals surface area contributed by atoms with Crippen molar-refractivity contribution in [3.05, 3.63) is 22.2 Å². The van der Waals surface area contributed by atoms with Crippen molar-refractivity contribution in [1.29, 1.82) is 0 Å².